The highest BCUT2D eigenvalue weighted by atomic mass is 32.2. The molecule has 2 aromatic carbocycles. The van der Waals surface area contributed by atoms with E-state index in [4.69, 9.17) is 9.47 Å². The van der Waals surface area contributed by atoms with Gasteiger partial charge >= 0.3 is 6.18 Å². The molecule has 0 bridgehead atoms. The number of hydrogen-bond acceptors (Lipinski definition) is 5. The van der Waals surface area contributed by atoms with Crippen molar-refractivity contribution in [3.05, 3.63) is 53.6 Å². The summed E-state index contributed by atoms with van der Waals surface area (Å²) in [5.41, 5.74) is -0.586. The maximum absolute atomic E-state index is 13.3. The fourth-order valence-electron chi connectivity index (χ4n) is 3.98. The van der Waals surface area contributed by atoms with Crippen LogP contribution in [0.1, 0.15) is 36.9 Å². The third-order valence-electron chi connectivity index (χ3n) is 5.52. The number of sulfonamides is 1. The van der Waals surface area contributed by atoms with Gasteiger partial charge in [0.25, 0.3) is 0 Å². The number of carbonyl (C=O) groups excluding carboxylic acids is 1. The maximum Gasteiger partial charge on any atom is 0.417 e. The lowest BCUT2D eigenvalue weighted by atomic mass is 10.0. The molecular weight excluding hydrogens is 461 g/mol. The van der Waals surface area contributed by atoms with Gasteiger partial charge in [0.05, 0.1) is 36.8 Å². The highest BCUT2D eigenvalue weighted by Gasteiger charge is 2.39. The van der Waals surface area contributed by atoms with E-state index in [9.17, 15) is 26.4 Å². The van der Waals surface area contributed by atoms with E-state index in [0.717, 1.165) is 12.1 Å². The zero-order valence-electron chi connectivity index (χ0n) is 18.3. The molecule has 1 aliphatic heterocycles. The number of benzene rings is 2. The van der Waals surface area contributed by atoms with Crippen LogP contribution in [-0.2, 0) is 21.0 Å². The van der Waals surface area contributed by atoms with Crippen LogP contribution in [0.3, 0.4) is 0 Å². The SMILES string of the molecule is COc1ccc(OC)c(C2CCCN2C(=O)C(C)NS(=O)(=O)c2ccccc2C(F)(F)F)c1. The number of ether oxygens (including phenoxy) is 2. The number of carbonyl (C=O) groups is 1. The van der Waals surface area contributed by atoms with E-state index < -0.39 is 44.6 Å². The Morgan fingerprint density at radius 1 is 1.15 bits per heavy atom. The summed E-state index contributed by atoms with van der Waals surface area (Å²) in [6.07, 6.45) is -3.57. The Balaban J connectivity index is 1.86. The van der Waals surface area contributed by atoms with Crippen LogP contribution in [0.15, 0.2) is 47.4 Å². The van der Waals surface area contributed by atoms with Crippen molar-refractivity contribution in [1.82, 2.24) is 9.62 Å². The first-order valence-corrected chi connectivity index (χ1v) is 11.7. The monoisotopic (exact) mass is 486 g/mol. The highest BCUT2D eigenvalue weighted by Crippen LogP contribution is 2.39. The third-order valence-corrected chi connectivity index (χ3v) is 7.11. The first-order chi connectivity index (χ1) is 15.5. The predicted octanol–water partition coefficient (Wildman–Crippen LogP) is 3.75. The zero-order chi connectivity index (χ0) is 24.4. The lowest BCUT2D eigenvalue weighted by Gasteiger charge is -2.29. The number of nitrogens with zero attached hydrogens (tertiary/aromatic N) is 1. The fourth-order valence-corrected chi connectivity index (χ4v) is 5.41. The van der Waals surface area contributed by atoms with Crippen LogP contribution in [0.2, 0.25) is 0 Å². The van der Waals surface area contributed by atoms with E-state index in [0.29, 0.717) is 42.5 Å². The molecule has 0 aromatic heterocycles. The molecule has 1 amide bonds. The molecule has 1 saturated heterocycles. The van der Waals surface area contributed by atoms with Crippen LogP contribution in [0.5, 0.6) is 11.5 Å². The Hall–Kier alpha value is -2.79. The minimum Gasteiger partial charge on any atom is -0.497 e. The summed E-state index contributed by atoms with van der Waals surface area (Å²) in [5.74, 6) is 0.575. The van der Waals surface area contributed by atoms with Crippen molar-refractivity contribution in [1.29, 1.82) is 0 Å². The molecule has 33 heavy (non-hydrogen) atoms. The van der Waals surface area contributed by atoms with Crippen LogP contribution in [0.25, 0.3) is 0 Å². The van der Waals surface area contributed by atoms with Gasteiger partial charge in [-0.05, 0) is 50.1 Å². The van der Waals surface area contributed by atoms with Crippen LogP contribution in [-0.4, -0.2) is 46.0 Å². The molecule has 2 unspecified atom stereocenters. The van der Waals surface area contributed by atoms with Crippen molar-refractivity contribution in [2.24, 2.45) is 0 Å². The van der Waals surface area contributed by atoms with Crippen molar-refractivity contribution in [3.63, 3.8) is 0 Å². The van der Waals surface area contributed by atoms with Gasteiger partial charge in [0.15, 0.2) is 0 Å². The molecule has 1 heterocycles. The first-order valence-electron chi connectivity index (χ1n) is 10.2. The van der Waals surface area contributed by atoms with Gasteiger partial charge in [-0.15, -0.1) is 0 Å². The van der Waals surface area contributed by atoms with Gasteiger partial charge < -0.3 is 14.4 Å². The molecule has 0 radical (unpaired) electrons. The molecule has 11 heteroatoms. The molecule has 1 N–H and O–H groups in total. The molecule has 180 valence electrons. The molecule has 0 saturated carbocycles. The zero-order valence-corrected chi connectivity index (χ0v) is 19.2. The number of rotatable bonds is 7. The van der Waals surface area contributed by atoms with E-state index in [1.165, 1.54) is 32.1 Å². The van der Waals surface area contributed by atoms with Crippen molar-refractivity contribution in [2.45, 2.75) is 42.9 Å². The van der Waals surface area contributed by atoms with Crippen molar-refractivity contribution >= 4 is 15.9 Å². The van der Waals surface area contributed by atoms with Crippen LogP contribution in [0, 0.1) is 0 Å². The lowest BCUT2D eigenvalue weighted by molar-refractivity contribution is -0.139. The Kier molecular flexibility index (Phi) is 7.23. The van der Waals surface area contributed by atoms with Gasteiger partial charge in [-0.3, -0.25) is 4.79 Å². The van der Waals surface area contributed by atoms with Crippen molar-refractivity contribution < 1.29 is 35.9 Å². The third kappa shape index (κ3) is 5.25. The van der Waals surface area contributed by atoms with Gasteiger partial charge in [-0.1, -0.05) is 12.1 Å². The second-order valence-corrected chi connectivity index (χ2v) is 9.32. The molecular formula is C22H25F3N2O5S. The quantitative estimate of drug-likeness (QED) is 0.644. The molecule has 0 aliphatic carbocycles. The Morgan fingerprint density at radius 3 is 2.48 bits per heavy atom. The van der Waals surface area contributed by atoms with Crippen LogP contribution in [0.4, 0.5) is 13.2 Å². The summed E-state index contributed by atoms with van der Waals surface area (Å²) in [6, 6.07) is 7.37. The first kappa shape index (κ1) is 24.8. The smallest absolute Gasteiger partial charge is 0.417 e. The number of hydrogen-bond donors (Lipinski definition) is 1. The van der Waals surface area contributed by atoms with Crippen molar-refractivity contribution in [2.75, 3.05) is 20.8 Å². The number of likely N-dealkylation sites (tertiary alicyclic amines) is 1. The Morgan fingerprint density at radius 2 is 1.85 bits per heavy atom. The Labute approximate surface area is 190 Å². The van der Waals surface area contributed by atoms with E-state index in [1.807, 2.05) is 0 Å². The normalized spacial score (nSPS) is 17.6. The summed E-state index contributed by atoms with van der Waals surface area (Å²) >= 11 is 0. The number of methoxy groups -OCH3 is 2. The summed E-state index contributed by atoms with van der Waals surface area (Å²) < 4.78 is 78.2. The highest BCUT2D eigenvalue weighted by molar-refractivity contribution is 7.89. The van der Waals surface area contributed by atoms with Gasteiger partial charge in [-0.2, -0.15) is 17.9 Å². The minimum absolute atomic E-state index is 0.370. The largest absolute Gasteiger partial charge is 0.497 e. The number of alkyl halides is 3. The summed E-state index contributed by atoms with van der Waals surface area (Å²) in [5, 5.41) is 0. The fraction of sp³-hybridized carbons (Fsp3) is 0.409. The van der Waals surface area contributed by atoms with Crippen molar-refractivity contribution in [3.8, 4) is 11.5 Å². The van der Waals surface area contributed by atoms with E-state index in [2.05, 4.69) is 4.72 Å². The van der Waals surface area contributed by atoms with Gasteiger partial charge in [0, 0.05) is 12.1 Å². The van der Waals surface area contributed by atoms with Crippen LogP contribution < -0.4 is 14.2 Å². The molecule has 2 atom stereocenters. The number of nitrogens with one attached hydrogen (secondary N) is 1. The average molecular weight is 487 g/mol. The molecule has 7 nitrogen and oxygen atoms in total. The van der Waals surface area contributed by atoms with Gasteiger partial charge in [-0.25, -0.2) is 8.42 Å². The Bertz CT molecular complexity index is 1120. The predicted molar refractivity (Wildman–Crippen MR) is 114 cm³/mol. The summed E-state index contributed by atoms with van der Waals surface area (Å²) in [4.78, 5) is 13.8. The molecule has 2 aromatic rings. The van der Waals surface area contributed by atoms with Gasteiger partial charge in [0.2, 0.25) is 15.9 Å². The van der Waals surface area contributed by atoms with E-state index >= 15 is 0 Å². The molecule has 0 spiro atoms. The average Bonchev–Trinajstić information content (AvgIpc) is 3.26. The van der Waals surface area contributed by atoms with E-state index in [1.54, 1.807) is 18.2 Å². The second kappa shape index (κ2) is 9.60. The summed E-state index contributed by atoms with van der Waals surface area (Å²) in [7, 11) is -1.60. The lowest BCUT2D eigenvalue weighted by Crippen LogP contribution is -2.46. The second-order valence-electron chi connectivity index (χ2n) is 7.63. The molecule has 3 rings (SSSR count). The molecule has 1 fully saturated rings. The number of halogens is 3. The standard InChI is InChI=1S/C22H25F3N2O5S/c1-14(26-33(29,30)20-9-5-4-7-17(20)22(23,24)25)21(28)27-12-6-8-18(27)16-13-15(31-2)10-11-19(16)32-3/h4-5,7,9-11,13-14,18,26H,6,8,12H2,1-3H3. The van der Waals surface area contributed by atoms with E-state index in [-0.39, 0.29) is 0 Å². The minimum atomic E-state index is -4.86. The maximum atomic E-state index is 13.3. The number of amides is 1. The molecule has 1 aliphatic rings. The summed E-state index contributed by atoms with van der Waals surface area (Å²) in [6.45, 7) is 1.68. The van der Waals surface area contributed by atoms with Crippen LogP contribution >= 0.6 is 0 Å². The topological polar surface area (TPSA) is 84.9 Å². The van der Waals surface area contributed by atoms with Gasteiger partial charge in [0.1, 0.15) is 11.5 Å².